The summed E-state index contributed by atoms with van der Waals surface area (Å²) in [6.45, 7) is 25.4. The number of fused-ring (bicyclic) bond motifs is 1. The van der Waals surface area contributed by atoms with E-state index >= 15 is 0 Å². The molecule has 490 valence electrons. The smallest absolute Gasteiger partial charge is 0.347 e. The van der Waals surface area contributed by atoms with Gasteiger partial charge in [-0.25, -0.2) is 29.1 Å². The van der Waals surface area contributed by atoms with Crippen LogP contribution in [0.1, 0.15) is 62.6 Å². The van der Waals surface area contributed by atoms with E-state index < -0.39 is 49.0 Å². The molecule has 0 fully saturated rings. The number of rotatable bonds is 33. The normalized spacial score (nSPS) is 12.5. The van der Waals surface area contributed by atoms with Crippen molar-refractivity contribution in [2.24, 2.45) is 0 Å². The van der Waals surface area contributed by atoms with Crippen LogP contribution in [0.2, 0.25) is 28.2 Å². The van der Waals surface area contributed by atoms with Gasteiger partial charge in [0.25, 0.3) is 10.1 Å². The Morgan fingerprint density at radius 3 is 2.21 bits per heavy atom. The quantitative estimate of drug-likeness (QED) is 0.0123. The molecule has 0 amide bonds. The van der Waals surface area contributed by atoms with E-state index in [4.69, 9.17) is 89.4 Å². The minimum atomic E-state index is -4.28. The van der Waals surface area contributed by atoms with E-state index in [0.29, 0.717) is 122 Å². The van der Waals surface area contributed by atoms with Crippen molar-refractivity contribution in [3.8, 4) is 67.6 Å². The number of thiophene rings is 1. The SMILES string of the molecule is C=CCOc1cc(S(=O)(=O)OC[C@@H](C)Oc2c(Cl)c(C)c(-c3c(-c4ccc(F)cc4)sc4ncnc(OC(Cc5cc(O[Si](C)(C)C(C)(C)C)ccc5OCc5ccnc(-c6ccccc6OCCOCCOCCOC)n5)C(=O)OCC)c34)c(C)c2Cl)ccc1C. The minimum absolute atomic E-state index is 0.000270. The first-order valence-electron chi connectivity index (χ1n) is 29.8. The molecule has 92 heavy (non-hydrogen) atoms. The van der Waals surface area contributed by atoms with Gasteiger partial charge in [-0.2, -0.15) is 8.42 Å². The van der Waals surface area contributed by atoms with Crippen molar-refractivity contribution in [3.63, 3.8) is 0 Å². The van der Waals surface area contributed by atoms with Gasteiger partial charge in [-0.3, -0.25) is 4.18 Å². The Labute approximate surface area is 552 Å². The van der Waals surface area contributed by atoms with Crippen LogP contribution in [0.15, 0.2) is 121 Å². The van der Waals surface area contributed by atoms with Gasteiger partial charge in [-0.1, -0.05) is 87.0 Å². The summed E-state index contributed by atoms with van der Waals surface area (Å²) in [5, 5.41) is 0.458. The average Bonchev–Trinajstić information content (AvgIpc) is 1.52. The monoisotopic (exact) mass is 1350 g/mol. The Morgan fingerprint density at radius 2 is 1.51 bits per heavy atom. The zero-order chi connectivity index (χ0) is 66.3. The molecule has 0 aliphatic rings. The molecule has 0 radical (unpaired) electrons. The van der Waals surface area contributed by atoms with E-state index in [1.807, 2.05) is 36.4 Å². The molecular weight excluding hydrogens is 1280 g/mol. The molecule has 3 aromatic heterocycles. The number of hydrogen-bond acceptors (Lipinski definition) is 19. The Balaban J connectivity index is 1.12. The highest BCUT2D eigenvalue weighted by Gasteiger charge is 2.39. The standard InChI is InChI=1S/C68H77Cl2FN4O14S2Si/c1-13-29-83-55-38-51(25-19-42(55)3)91(77,78)86-39-43(4)87-62-60(69)44(5)57(45(6)61(62)70)58-59-65(73-41-74-66(59)90-63(58)46-20-22-48(71)23-21-46)88-56(67(76)82-14-2)37-47-36-50(89-92(11,12)68(7,8)9)24-26-53(47)85-40-49-27-28-72-64(75-49)52-17-15-16-18-54(52)84-35-34-81-33-32-80-31-30-79-10/h13,15-28,36,38,41,43,56H,1,14,29-35,37,39-40H2,2-12H3/t43-,56?/m1/s1. The maximum absolute atomic E-state index is 14.7. The molecule has 3 heterocycles. The zero-order valence-electron chi connectivity index (χ0n) is 53.5. The Bertz CT molecular complexity index is 3960. The van der Waals surface area contributed by atoms with Crippen LogP contribution in [0.4, 0.5) is 4.39 Å². The highest BCUT2D eigenvalue weighted by Crippen LogP contribution is 2.53. The van der Waals surface area contributed by atoms with Crippen LogP contribution in [-0.4, -0.2) is 121 Å². The van der Waals surface area contributed by atoms with E-state index in [1.54, 1.807) is 84.3 Å². The highest BCUT2D eigenvalue weighted by atomic mass is 35.5. The van der Waals surface area contributed by atoms with Gasteiger partial charge in [-0.05, 0) is 135 Å². The molecule has 0 N–H and O–H groups in total. The number of carbonyl (C=O) groups is 1. The van der Waals surface area contributed by atoms with Crippen LogP contribution in [0, 0.1) is 26.6 Å². The summed E-state index contributed by atoms with van der Waals surface area (Å²) < 4.78 is 108. The van der Waals surface area contributed by atoms with Crippen molar-refractivity contribution >= 4 is 69.2 Å². The second-order valence-corrected chi connectivity index (χ2v) is 31.0. The Hall–Kier alpha value is -7.25. The molecule has 0 saturated carbocycles. The first kappa shape index (κ1) is 70.6. The molecule has 0 saturated heterocycles. The van der Waals surface area contributed by atoms with Crippen LogP contribution >= 0.6 is 34.5 Å². The van der Waals surface area contributed by atoms with Gasteiger partial charge in [-0.15, -0.1) is 11.3 Å². The van der Waals surface area contributed by atoms with Crippen LogP contribution < -0.4 is 28.1 Å². The van der Waals surface area contributed by atoms with Crippen LogP contribution in [0.25, 0.3) is 43.2 Å². The summed E-state index contributed by atoms with van der Waals surface area (Å²) in [5.74, 6) is 1.31. The maximum Gasteiger partial charge on any atom is 0.347 e. The fourth-order valence-corrected chi connectivity index (χ4v) is 13.0. The Morgan fingerprint density at radius 1 is 0.804 bits per heavy atom. The molecule has 0 bridgehead atoms. The number of methoxy groups -OCH3 is 1. The number of benzene rings is 5. The highest BCUT2D eigenvalue weighted by molar-refractivity contribution is 7.86. The minimum Gasteiger partial charge on any atom is -0.543 e. The second-order valence-electron chi connectivity index (χ2n) is 22.9. The second kappa shape index (κ2) is 32.1. The number of ether oxygens (including phenoxy) is 9. The van der Waals surface area contributed by atoms with Gasteiger partial charge in [0.2, 0.25) is 20.3 Å². The zero-order valence-corrected chi connectivity index (χ0v) is 57.6. The number of aromatic nitrogens is 4. The molecule has 8 aromatic rings. The first-order valence-corrected chi connectivity index (χ1v) is 35.7. The number of nitrogens with zero attached hydrogens (tertiary/aromatic N) is 4. The molecule has 8 rings (SSSR count). The molecule has 24 heteroatoms. The lowest BCUT2D eigenvalue weighted by atomic mass is 9.92. The molecule has 0 aliphatic carbocycles. The van der Waals surface area contributed by atoms with Crippen molar-refractivity contribution < 1.29 is 68.8 Å². The van der Waals surface area contributed by atoms with Crippen molar-refractivity contribution in [2.75, 3.05) is 66.6 Å². The van der Waals surface area contributed by atoms with Crippen molar-refractivity contribution in [2.45, 2.75) is 104 Å². The largest absolute Gasteiger partial charge is 0.543 e. The molecular formula is C68H77Cl2FN4O14S2Si. The molecule has 5 aromatic carbocycles. The van der Waals surface area contributed by atoms with Gasteiger partial charge in [0.1, 0.15) is 72.5 Å². The van der Waals surface area contributed by atoms with Crippen molar-refractivity contribution in [1.29, 1.82) is 0 Å². The molecule has 2 atom stereocenters. The molecule has 18 nitrogen and oxygen atoms in total. The van der Waals surface area contributed by atoms with E-state index in [-0.39, 0.29) is 64.5 Å². The van der Waals surface area contributed by atoms with Gasteiger partial charge in [0, 0.05) is 41.8 Å². The summed E-state index contributed by atoms with van der Waals surface area (Å²) >= 11 is 15.9. The Kier molecular flexibility index (Phi) is 24.6. The summed E-state index contributed by atoms with van der Waals surface area (Å²) in [6.07, 6.45) is 2.22. The van der Waals surface area contributed by atoms with Crippen LogP contribution in [0.3, 0.4) is 0 Å². The summed E-state index contributed by atoms with van der Waals surface area (Å²) in [5.41, 5.74) is 5.20. The number of halogens is 3. The number of aryl methyl sites for hydroxylation is 1. The van der Waals surface area contributed by atoms with Crippen molar-refractivity contribution in [1.82, 2.24) is 19.9 Å². The third-order valence-electron chi connectivity index (χ3n) is 15.1. The fourth-order valence-electron chi connectivity index (χ4n) is 9.30. The number of esters is 1. The number of carbonyl (C=O) groups excluding carboxylic acids is 1. The van der Waals surface area contributed by atoms with E-state index in [0.717, 1.165) is 5.56 Å². The van der Waals surface area contributed by atoms with Crippen LogP contribution in [-0.2, 0) is 51.1 Å². The maximum atomic E-state index is 14.7. The first-order chi connectivity index (χ1) is 43.9. The lowest BCUT2D eigenvalue weighted by Gasteiger charge is -2.36. The van der Waals surface area contributed by atoms with E-state index in [1.165, 1.54) is 41.9 Å². The van der Waals surface area contributed by atoms with Gasteiger partial charge < -0.3 is 47.1 Å². The molecule has 1 unspecified atom stereocenters. The van der Waals surface area contributed by atoms with Crippen molar-refractivity contribution in [3.05, 3.63) is 160 Å². The summed E-state index contributed by atoms with van der Waals surface area (Å²) in [4.78, 5) is 34.4. The van der Waals surface area contributed by atoms with Gasteiger partial charge in [0.05, 0.1) is 71.2 Å². The molecule has 0 aliphatic heterocycles. The van der Waals surface area contributed by atoms with E-state index in [9.17, 15) is 17.6 Å². The predicted octanol–water partition coefficient (Wildman–Crippen LogP) is 15.2. The fraction of sp³-hybridized carbons (Fsp3) is 0.368. The third kappa shape index (κ3) is 17.7. The van der Waals surface area contributed by atoms with Crippen LogP contribution in [0.5, 0.6) is 34.6 Å². The lowest BCUT2D eigenvalue weighted by molar-refractivity contribution is -0.151. The summed E-state index contributed by atoms with van der Waals surface area (Å²) in [7, 11) is -5.07. The third-order valence-corrected chi connectivity index (χ3v) is 22.8. The topological polar surface area (TPSA) is 204 Å². The van der Waals surface area contributed by atoms with E-state index in [2.05, 4.69) is 45.4 Å². The average molecular weight is 1360 g/mol. The lowest BCUT2D eigenvalue weighted by Crippen LogP contribution is -2.43. The molecule has 0 spiro atoms. The van der Waals surface area contributed by atoms with Gasteiger partial charge in [0.15, 0.2) is 11.6 Å². The van der Waals surface area contributed by atoms with Gasteiger partial charge >= 0.3 is 5.97 Å². The number of para-hydroxylation sites is 1. The predicted molar refractivity (Wildman–Crippen MR) is 358 cm³/mol. The summed E-state index contributed by atoms with van der Waals surface area (Å²) in [6, 6.07) is 25.2. The number of hydrogen-bond donors (Lipinski definition) is 0.